The van der Waals surface area contributed by atoms with E-state index >= 15 is 0 Å². The molecule has 2 aromatic rings. The van der Waals surface area contributed by atoms with Gasteiger partial charge in [0.2, 0.25) is 0 Å². The number of rotatable bonds is 4. The van der Waals surface area contributed by atoms with E-state index in [-0.39, 0.29) is 5.82 Å². The summed E-state index contributed by atoms with van der Waals surface area (Å²) in [4.78, 5) is 10.6. The molecule has 0 fully saturated rings. The number of hydrogen-bond acceptors (Lipinski definition) is 1. The van der Waals surface area contributed by atoms with Gasteiger partial charge in [-0.1, -0.05) is 44.2 Å². The first-order valence-corrected chi connectivity index (χ1v) is 6.56. The van der Waals surface area contributed by atoms with Gasteiger partial charge in [-0.05, 0) is 35.6 Å². The lowest BCUT2D eigenvalue weighted by atomic mass is 9.96. The van der Waals surface area contributed by atoms with E-state index in [1.54, 1.807) is 12.1 Å². The van der Waals surface area contributed by atoms with Gasteiger partial charge in [-0.25, -0.2) is 4.39 Å². The number of carbonyl (C=O) groups excluding carboxylic acids is 1. The molecule has 1 nitrogen and oxygen atoms in total. The first kappa shape index (κ1) is 13.5. The third-order valence-corrected chi connectivity index (χ3v) is 3.41. The molecule has 0 spiro atoms. The highest BCUT2D eigenvalue weighted by Gasteiger charge is 2.08. The maximum atomic E-state index is 14.0. The highest BCUT2D eigenvalue weighted by Crippen LogP contribution is 2.26. The lowest BCUT2D eigenvalue weighted by Crippen LogP contribution is -1.93. The van der Waals surface area contributed by atoms with Gasteiger partial charge in [-0.2, -0.15) is 0 Å². The number of carbonyl (C=O) groups is 1. The normalized spacial score (nSPS) is 10.5. The smallest absolute Gasteiger partial charge is 0.150 e. The molecule has 0 saturated carbocycles. The largest absolute Gasteiger partial charge is 0.298 e. The van der Waals surface area contributed by atoms with Crippen molar-refractivity contribution in [1.29, 1.82) is 0 Å². The summed E-state index contributed by atoms with van der Waals surface area (Å²) in [6.45, 7) is 4.22. The Hall–Kier alpha value is -1.96. The van der Waals surface area contributed by atoms with Crippen LogP contribution in [-0.2, 0) is 12.8 Å². The Morgan fingerprint density at radius 3 is 2.32 bits per heavy atom. The summed E-state index contributed by atoms with van der Waals surface area (Å²) in [5.74, 6) is -0.351. The van der Waals surface area contributed by atoms with Crippen molar-refractivity contribution in [3.8, 4) is 11.1 Å². The van der Waals surface area contributed by atoms with Crippen molar-refractivity contribution in [1.82, 2.24) is 0 Å². The Morgan fingerprint density at radius 1 is 1.00 bits per heavy atom. The van der Waals surface area contributed by atoms with Crippen LogP contribution in [0.5, 0.6) is 0 Å². The highest BCUT2D eigenvalue weighted by atomic mass is 19.1. The molecule has 0 saturated heterocycles. The molecule has 0 aromatic heterocycles. The van der Waals surface area contributed by atoms with E-state index in [2.05, 4.69) is 19.9 Å². The zero-order valence-electron chi connectivity index (χ0n) is 11.2. The van der Waals surface area contributed by atoms with Crippen LogP contribution in [0.1, 0.15) is 35.3 Å². The van der Waals surface area contributed by atoms with Gasteiger partial charge in [0.05, 0.1) is 0 Å². The van der Waals surface area contributed by atoms with Crippen molar-refractivity contribution in [3.63, 3.8) is 0 Å². The maximum Gasteiger partial charge on any atom is 0.150 e. The molecule has 0 unspecified atom stereocenters. The molecule has 0 atom stereocenters. The Labute approximate surface area is 113 Å². The Bertz CT molecular complexity index is 602. The van der Waals surface area contributed by atoms with Crippen molar-refractivity contribution >= 4 is 6.29 Å². The molecular weight excluding hydrogens is 239 g/mol. The van der Waals surface area contributed by atoms with Gasteiger partial charge in [0.25, 0.3) is 0 Å². The van der Waals surface area contributed by atoms with E-state index < -0.39 is 0 Å². The second kappa shape index (κ2) is 5.79. The van der Waals surface area contributed by atoms with Crippen molar-refractivity contribution in [2.45, 2.75) is 26.7 Å². The Balaban J connectivity index is 2.50. The average Bonchev–Trinajstić information content (AvgIpc) is 2.46. The van der Waals surface area contributed by atoms with E-state index in [0.29, 0.717) is 17.4 Å². The Kier molecular flexibility index (Phi) is 4.10. The molecular formula is C17H17FO. The lowest BCUT2D eigenvalue weighted by molar-refractivity contribution is 0.112. The summed E-state index contributed by atoms with van der Waals surface area (Å²) in [6.07, 6.45) is 2.57. The SMILES string of the molecule is CCc1ccc(-c2ccc(C=O)cc2F)cc1CC. The van der Waals surface area contributed by atoms with Gasteiger partial charge in [0, 0.05) is 11.1 Å². The van der Waals surface area contributed by atoms with Gasteiger partial charge in [-0.15, -0.1) is 0 Å². The number of benzene rings is 2. The predicted octanol–water partition coefficient (Wildman–Crippen LogP) is 4.43. The molecule has 0 heterocycles. The van der Waals surface area contributed by atoms with Crippen LogP contribution in [-0.4, -0.2) is 6.29 Å². The van der Waals surface area contributed by atoms with Crippen LogP contribution in [0.25, 0.3) is 11.1 Å². The minimum absolute atomic E-state index is 0.351. The van der Waals surface area contributed by atoms with Crippen molar-refractivity contribution in [3.05, 3.63) is 58.9 Å². The van der Waals surface area contributed by atoms with Crippen LogP contribution in [0.3, 0.4) is 0 Å². The molecule has 0 aliphatic rings. The second-order valence-electron chi connectivity index (χ2n) is 4.55. The van der Waals surface area contributed by atoms with E-state index in [0.717, 1.165) is 18.4 Å². The molecule has 0 amide bonds. The van der Waals surface area contributed by atoms with Crippen LogP contribution in [0.2, 0.25) is 0 Å². The molecule has 0 N–H and O–H groups in total. The summed E-state index contributed by atoms with van der Waals surface area (Å²) < 4.78 is 14.0. The Morgan fingerprint density at radius 2 is 1.74 bits per heavy atom. The van der Waals surface area contributed by atoms with Gasteiger partial charge in [0.15, 0.2) is 0 Å². The summed E-state index contributed by atoms with van der Waals surface area (Å²) in [5, 5.41) is 0. The molecule has 0 aliphatic heterocycles. The molecule has 0 bridgehead atoms. The minimum Gasteiger partial charge on any atom is -0.298 e. The monoisotopic (exact) mass is 256 g/mol. The fourth-order valence-corrected chi connectivity index (χ4v) is 2.31. The van der Waals surface area contributed by atoms with Crippen molar-refractivity contribution < 1.29 is 9.18 Å². The second-order valence-corrected chi connectivity index (χ2v) is 4.55. The molecule has 2 aromatic carbocycles. The first-order chi connectivity index (χ1) is 9.19. The number of halogens is 1. The van der Waals surface area contributed by atoms with Gasteiger partial charge >= 0.3 is 0 Å². The molecule has 0 aliphatic carbocycles. The fourth-order valence-electron chi connectivity index (χ4n) is 2.31. The van der Waals surface area contributed by atoms with Crippen LogP contribution in [0.15, 0.2) is 36.4 Å². The van der Waals surface area contributed by atoms with E-state index in [9.17, 15) is 9.18 Å². The number of hydrogen-bond donors (Lipinski definition) is 0. The standard InChI is InChI=1S/C17H17FO/c1-3-13-6-7-15(10-14(13)4-2)16-8-5-12(11-19)9-17(16)18/h5-11H,3-4H2,1-2H3. The number of aldehydes is 1. The summed E-state index contributed by atoms with van der Waals surface area (Å²) in [6, 6.07) is 10.6. The third-order valence-electron chi connectivity index (χ3n) is 3.41. The molecule has 98 valence electrons. The van der Waals surface area contributed by atoms with E-state index in [1.807, 2.05) is 12.1 Å². The van der Waals surface area contributed by atoms with E-state index in [4.69, 9.17) is 0 Å². The summed E-state index contributed by atoms with van der Waals surface area (Å²) >= 11 is 0. The van der Waals surface area contributed by atoms with Crippen molar-refractivity contribution in [2.75, 3.05) is 0 Å². The number of aryl methyl sites for hydroxylation is 2. The maximum absolute atomic E-state index is 14.0. The molecule has 2 heteroatoms. The topological polar surface area (TPSA) is 17.1 Å². The van der Waals surface area contributed by atoms with Crippen LogP contribution in [0, 0.1) is 5.82 Å². The quantitative estimate of drug-likeness (QED) is 0.739. The fraction of sp³-hybridized carbons (Fsp3) is 0.235. The molecule has 19 heavy (non-hydrogen) atoms. The van der Waals surface area contributed by atoms with Crippen LogP contribution >= 0.6 is 0 Å². The van der Waals surface area contributed by atoms with Gasteiger partial charge < -0.3 is 0 Å². The zero-order valence-corrected chi connectivity index (χ0v) is 11.2. The van der Waals surface area contributed by atoms with Crippen LogP contribution < -0.4 is 0 Å². The van der Waals surface area contributed by atoms with Gasteiger partial charge in [-0.3, -0.25) is 4.79 Å². The molecule has 2 rings (SSSR count). The highest BCUT2D eigenvalue weighted by molar-refractivity contribution is 5.77. The lowest BCUT2D eigenvalue weighted by Gasteiger charge is -2.10. The van der Waals surface area contributed by atoms with Gasteiger partial charge in [0.1, 0.15) is 12.1 Å². The third kappa shape index (κ3) is 2.73. The van der Waals surface area contributed by atoms with Crippen molar-refractivity contribution in [2.24, 2.45) is 0 Å². The zero-order chi connectivity index (χ0) is 13.8. The minimum atomic E-state index is -0.351. The van der Waals surface area contributed by atoms with Crippen LogP contribution in [0.4, 0.5) is 4.39 Å². The first-order valence-electron chi connectivity index (χ1n) is 6.56. The summed E-state index contributed by atoms with van der Waals surface area (Å²) in [7, 11) is 0. The average molecular weight is 256 g/mol. The molecule has 0 radical (unpaired) electrons. The summed E-state index contributed by atoms with van der Waals surface area (Å²) in [5.41, 5.74) is 4.32. The van der Waals surface area contributed by atoms with E-state index in [1.165, 1.54) is 17.2 Å². The predicted molar refractivity (Wildman–Crippen MR) is 76.0 cm³/mol.